The minimum atomic E-state index is -0.696. The van der Waals surface area contributed by atoms with E-state index < -0.39 is 16.7 Å². The number of anilines is 1. The number of nitro benzene ring substituents is 1. The van der Waals surface area contributed by atoms with Gasteiger partial charge in [-0.1, -0.05) is 30.3 Å². The highest BCUT2D eigenvalue weighted by Gasteiger charge is 2.35. The molecule has 3 aromatic carbocycles. The molecule has 1 aliphatic rings. The van der Waals surface area contributed by atoms with Crippen LogP contribution in [0.4, 0.5) is 11.4 Å². The molecule has 0 atom stereocenters. The van der Waals surface area contributed by atoms with Crippen molar-refractivity contribution in [1.29, 1.82) is 0 Å². The number of ether oxygens (including phenoxy) is 1. The van der Waals surface area contributed by atoms with Crippen molar-refractivity contribution in [2.75, 3.05) is 19.0 Å². The fourth-order valence-electron chi connectivity index (χ4n) is 3.68. The van der Waals surface area contributed by atoms with E-state index in [9.17, 15) is 19.7 Å². The predicted octanol–water partition coefficient (Wildman–Crippen LogP) is 4.66. The smallest absolute Gasteiger partial charge is 0.277 e. The van der Waals surface area contributed by atoms with Crippen molar-refractivity contribution in [3.63, 3.8) is 0 Å². The van der Waals surface area contributed by atoms with Gasteiger partial charge in [-0.05, 0) is 60.8 Å². The zero-order chi connectivity index (χ0) is 26.5. The number of amides is 2. The van der Waals surface area contributed by atoms with Crippen molar-refractivity contribution in [2.45, 2.75) is 0 Å². The van der Waals surface area contributed by atoms with Crippen LogP contribution in [-0.2, 0) is 9.59 Å². The van der Waals surface area contributed by atoms with Crippen LogP contribution in [0.1, 0.15) is 5.56 Å². The molecule has 1 heterocycles. The van der Waals surface area contributed by atoms with Crippen LogP contribution in [0.5, 0.6) is 11.5 Å². The van der Waals surface area contributed by atoms with Gasteiger partial charge in [0, 0.05) is 31.9 Å². The maximum absolute atomic E-state index is 13.5. The van der Waals surface area contributed by atoms with Gasteiger partial charge in [-0.2, -0.15) is 0 Å². The Hall–Kier alpha value is -4.83. The third-order valence-corrected chi connectivity index (χ3v) is 5.57. The van der Waals surface area contributed by atoms with Gasteiger partial charge in [0.05, 0.1) is 16.2 Å². The standard InChI is InChI=1S/C27H22N4O5S/c1-29(2)17-18(22-10-6-7-11-24(22)31(34)35)16-23-25(32)28-27(37)30(26(23)33)19-12-14-21(15-13-19)36-20-8-4-3-5-9-20/h3-17H,1-2H3,(H,28,32,37)/b18-17-,23-16-. The molecular formula is C27H22N4O5S. The second-order valence-corrected chi connectivity index (χ2v) is 8.58. The Bertz CT molecular complexity index is 1430. The number of rotatable bonds is 7. The van der Waals surface area contributed by atoms with Gasteiger partial charge in [0.1, 0.15) is 17.1 Å². The number of para-hydroxylation sites is 2. The van der Waals surface area contributed by atoms with Crippen LogP contribution in [0.3, 0.4) is 0 Å². The molecule has 0 spiro atoms. The van der Waals surface area contributed by atoms with Crippen LogP contribution in [0.25, 0.3) is 5.57 Å². The van der Waals surface area contributed by atoms with Crippen molar-refractivity contribution >= 4 is 46.1 Å². The zero-order valence-corrected chi connectivity index (χ0v) is 20.8. The summed E-state index contributed by atoms with van der Waals surface area (Å²) in [5, 5.41) is 14.1. The summed E-state index contributed by atoms with van der Waals surface area (Å²) in [6.07, 6.45) is 2.94. The van der Waals surface area contributed by atoms with Gasteiger partial charge in [0.2, 0.25) is 0 Å². The fraction of sp³-hybridized carbons (Fsp3) is 0.0741. The largest absolute Gasteiger partial charge is 0.457 e. The maximum Gasteiger partial charge on any atom is 0.277 e. The Labute approximate surface area is 218 Å². The van der Waals surface area contributed by atoms with E-state index in [-0.39, 0.29) is 21.9 Å². The number of hydrogen-bond donors (Lipinski definition) is 1. The Kier molecular flexibility index (Phi) is 7.40. The third kappa shape index (κ3) is 5.71. The second kappa shape index (κ2) is 10.8. The number of allylic oxidation sites excluding steroid dienone is 2. The fourth-order valence-corrected chi connectivity index (χ4v) is 3.96. The molecule has 1 fully saturated rings. The van der Waals surface area contributed by atoms with E-state index >= 15 is 0 Å². The molecule has 3 aromatic rings. The van der Waals surface area contributed by atoms with Gasteiger partial charge in [-0.3, -0.25) is 29.9 Å². The second-order valence-electron chi connectivity index (χ2n) is 8.19. The average Bonchev–Trinajstić information content (AvgIpc) is 2.87. The van der Waals surface area contributed by atoms with Crippen LogP contribution < -0.4 is 15.0 Å². The highest BCUT2D eigenvalue weighted by Crippen LogP contribution is 2.30. The molecule has 0 unspecified atom stereocenters. The van der Waals surface area contributed by atoms with Gasteiger partial charge in [-0.25, -0.2) is 0 Å². The minimum absolute atomic E-state index is 0.0762. The number of carbonyl (C=O) groups is 2. The number of benzene rings is 3. The van der Waals surface area contributed by atoms with Crippen LogP contribution in [0, 0.1) is 10.1 Å². The molecule has 37 heavy (non-hydrogen) atoms. The Morgan fingerprint density at radius 2 is 1.59 bits per heavy atom. The summed E-state index contributed by atoms with van der Waals surface area (Å²) in [5.41, 5.74) is 0.624. The van der Waals surface area contributed by atoms with E-state index in [1.807, 2.05) is 30.3 Å². The molecule has 9 nitrogen and oxygen atoms in total. The van der Waals surface area contributed by atoms with Gasteiger partial charge in [-0.15, -0.1) is 0 Å². The molecule has 0 aromatic heterocycles. The van der Waals surface area contributed by atoms with Crippen molar-refractivity contribution in [3.8, 4) is 11.5 Å². The lowest BCUT2D eigenvalue weighted by molar-refractivity contribution is -0.385. The quantitative estimate of drug-likeness (QED) is 0.161. The van der Waals surface area contributed by atoms with Crippen molar-refractivity contribution in [3.05, 3.63) is 112 Å². The van der Waals surface area contributed by atoms with Gasteiger partial charge >= 0.3 is 0 Å². The lowest BCUT2D eigenvalue weighted by Gasteiger charge is -2.29. The van der Waals surface area contributed by atoms with Crippen LogP contribution in [0.15, 0.2) is 96.7 Å². The molecule has 2 amide bonds. The van der Waals surface area contributed by atoms with Crippen molar-refractivity contribution < 1.29 is 19.2 Å². The first-order chi connectivity index (χ1) is 17.7. The van der Waals surface area contributed by atoms with Crippen LogP contribution >= 0.6 is 12.2 Å². The molecule has 0 radical (unpaired) electrons. The summed E-state index contributed by atoms with van der Waals surface area (Å²) in [6, 6.07) is 22.0. The molecular weight excluding hydrogens is 492 g/mol. The normalized spacial score (nSPS) is 15.0. The predicted molar refractivity (Wildman–Crippen MR) is 144 cm³/mol. The molecule has 0 saturated carbocycles. The highest BCUT2D eigenvalue weighted by atomic mass is 32.1. The summed E-state index contributed by atoms with van der Waals surface area (Å²) >= 11 is 5.29. The number of hydrogen-bond acceptors (Lipinski definition) is 7. The molecule has 4 rings (SSSR count). The van der Waals surface area contributed by atoms with Gasteiger partial charge in [0.25, 0.3) is 17.5 Å². The lowest BCUT2D eigenvalue weighted by atomic mass is 10.00. The van der Waals surface area contributed by atoms with E-state index in [1.165, 1.54) is 17.0 Å². The first-order valence-corrected chi connectivity index (χ1v) is 11.5. The summed E-state index contributed by atoms with van der Waals surface area (Å²) in [6.45, 7) is 0. The average molecular weight is 515 g/mol. The van der Waals surface area contributed by atoms with Crippen molar-refractivity contribution in [1.82, 2.24) is 10.2 Å². The Balaban J connectivity index is 1.69. The topological polar surface area (TPSA) is 105 Å². The summed E-state index contributed by atoms with van der Waals surface area (Å²) < 4.78 is 5.80. The highest BCUT2D eigenvalue weighted by molar-refractivity contribution is 7.80. The zero-order valence-electron chi connectivity index (χ0n) is 20.0. The number of thiocarbonyl (C=S) groups is 1. The number of nitro groups is 1. The van der Waals surface area contributed by atoms with Crippen molar-refractivity contribution in [2.24, 2.45) is 0 Å². The molecule has 10 heteroatoms. The first kappa shape index (κ1) is 25.3. The number of nitrogens with zero attached hydrogens (tertiary/aromatic N) is 3. The number of carbonyl (C=O) groups excluding carboxylic acids is 2. The summed E-state index contributed by atoms with van der Waals surface area (Å²) in [4.78, 5) is 40.3. The SMILES string of the molecule is CN(C)/C=C(/C=C1/C(=O)NC(=S)N(c2ccc(Oc3ccccc3)cc2)C1=O)c1ccccc1[N+](=O)[O-]. The van der Waals surface area contributed by atoms with E-state index in [0.29, 0.717) is 22.8 Å². The lowest BCUT2D eigenvalue weighted by Crippen LogP contribution is -2.54. The van der Waals surface area contributed by atoms with E-state index in [1.54, 1.807) is 67.7 Å². The molecule has 0 aliphatic carbocycles. The van der Waals surface area contributed by atoms with E-state index in [2.05, 4.69) is 5.32 Å². The van der Waals surface area contributed by atoms with E-state index in [4.69, 9.17) is 17.0 Å². The Morgan fingerprint density at radius 1 is 0.973 bits per heavy atom. The molecule has 1 N–H and O–H groups in total. The Morgan fingerprint density at radius 3 is 2.24 bits per heavy atom. The van der Waals surface area contributed by atoms with Crippen LogP contribution in [-0.4, -0.2) is 40.8 Å². The summed E-state index contributed by atoms with van der Waals surface area (Å²) in [5.74, 6) is -0.141. The monoisotopic (exact) mass is 514 g/mol. The van der Waals surface area contributed by atoms with E-state index in [0.717, 1.165) is 0 Å². The number of nitrogens with one attached hydrogen (secondary N) is 1. The van der Waals surface area contributed by atoms with Gasteiger partial charge < -0.3 is 9.64 Å². The van der Waals surface area contributed by atoms with Crippen LogP contribution in [0.2, 0.25) is 0 Å². The first-order valence-electron chi connectivity index (χ1n) is 11.1. The molecule has 0 bridgehead atoms. The molecule has 1 aliphatic heterocycles. The molecule has 186 valence electrons. The minimum Gasteiger partial charge on any atom is -0.457 e. The summed E-state index contributed by atoms with van der Waals surface area (Å²) in [7, 11) is 3.47. The van der Waals surface area contributed by atoms with Gasteiger partial charge in [0.15, 0.2) is 5.11 Å². The maximum atomic E-state index is 13.5. The molecule has 1 saturated heterocycles. The third-order valence-electron chi connectivity index (χ3n) is 5.28.